The van der Waals surface area contributed by atoms with Crippen molar-refractivity contribution in [3.8, 4) is 0 Å². The van der Waals surface area contributed by atoms with Crippen molar-refractivity contribution in [2.75, 3.05) is 12.1 Å². The number of carbonyl (C=O) groups excluding carboxylic acids is 1. The van der Waals surface area contributed by atoms with E-state index in [2.05, 4.69) is 5.43 Å². The first kappa shape index (κ1) is 17.8. The maximum absolute atomic E-state index is 12.1. The molecule has 0 spiro atoms. The summed E-state index contributed by atoms with van der Waals surface area (Å²) in [5, 5.41) is 39.4. The van der Waals surface area contributed by atoms with Crippen molar-refractivity contribution in [2.45, 2.75) is 6.42 Å². The summed E-state index contributed by atoms with van der Waals surface area (Å²) in [5.74, 6) is -0.410. The quantitative estimate of drug-likeness (QED) is 0.440. The molecule has 1 amide bonds. The van der Waals surface area contributed by atoms with Crippen LogP contribution >= 0.6 is 0 Å². The van der Waals surface area contributed by atoms with E-state index in [1.54, 1.807) is 7.05 Å². The first-order valence-corrected chi connectivity index (χ1v) is 7.06. The van der Waals surface area contributed by atoms with Crippen LogP contribution in [0.4, 0.5) is 17.1 Å². The molecule has 0 bridgehead atoms. The molecule has 0 aliphatic carbocycles. The number of quaternary nitrogens is 2. The molecule has 0 saturated carbocycles. The lowest BCUT2D eigenvalue weighted by molar-refractivity contribution is -0.996. The zero-order valence-electron chi connectivity index (χ0n) is 12.9. The van der Waals surface area contributed by atoms with Crippen molar-refractivity contribution < 1.29 is 25.7 Å². The molecule has 2 atom stereocenters. The van der Waals surface area contributed by atoms with Crippen molar-refractivity contribution >= 4 is 23.0 Å². The second kappa shape index (κ2) is 7.84. The van der Waals surface area contributed by atoms with Crippen molar-refractivity contribution in [1.29, 1.82) is 0 Å². The SMILES string of the molecule is CN(NC(=O)Cc1ccc([NH+]([O-])O)cc1[NH+]([O-])O)c1ccccc1. The monoisotopic (exact) mass is 334 g/mol. The largest absolute Gasteiger partial charge is 0.595 e. The highest BCUT2D eigenvalue weighted by atomic mass is 16.8. The summed E-state index contributed by atoms with van der Waals surface area (Å²) >= 11 is 0. The molecule has 0 saturated heterocycles. The number of benzene rings is 2. The Morgan fingerprint density at radius 2 is 1.79 bits per heavy atom. The molecule has 0 fully saturated rings. The predicted molar refractivity (Wildman–Crippen MR) is 84.7 cm³/mol. The molecule has 0 heterocycles. The minimum Gasteiger partial charge on any atom is -0.595 e. The summed E-state index contributed by atoms with van der Waals surface area (Å²) in [5.41, 5.74) is 3.30. The van der Waals surface area contributed by atoms with E-state index in [4.69, 9.17) is 5.21 Å². The van der Waals surface area contributed by atoms with Crippen LogP contribution in [-0.4, -0.2) is 23.4 Å². The maximum atomic E-state index is 12.1. The fourth-order valence-corrected chi connectivity index (χ4v) is 2.18. The number of nitrogens with one attached hydrogen (secondary N) is 3. The van der Waals surface area contributed by atoms with Crippen LogP contribution in [0.2, 0.25) is 0 Å². The highest BCUT2D eigenvalue weighted by Gasteiger charge is 2.17. The number of hydrogen-bond acceptors (Lipinski definition) is 6. The van der Waals surface area contributed by atoms with Gasteiger partial charge in [-0.25, -0.2) is 10.4 Å². The van der Waals surface area contributed by atoms with E-state index in [-0.39, 0.29) is 23.4 Å². The lowest BCUT2D eigenvalue weighted by Gasteiger charge is -2.21. The number of rotatable bonds is 6. The van der Waals surface area contributed by atoms with Crippen LogP contribution in [0.15, 0.2) is 48.5 Å². The van der Waals surface area contributed by atoms with Gasteiger partial charge in [0.05, 0.1) is 18.2 Å². The lowest BCUT2D eigenvalue weighted by atomic mass is 10.1. The van der Waals surface area contributed by atoms with Crippen LogP contribution in [0.3, 0.4) is 0 Å². The van der Waals surface area contributed by atoms with Crippen LogP contribution in [-0.2, 0) is 11.2 Å². The number of anilines is 1. The Morgan fingerprint density at radius 1 is 1.12 bits per heavy atom. The third-order valence-corrected chi connectivity index (χ3v) is 3.37. The molecule has 9 heteroatoms. The minimum atomic E-state index is -1.28. The Bertz CT molecular complexity index is 694. The second-order valence-electron chi connectivity index (χ2n) is 5.09. The van der Waals surface area contributed by atoms with Gasteiger partial charge in [-0.3, -0.25) is 15.2 Å². The van der Waals surface area contributed by atoms with E-state index in [1.165, 1.54) is 17.1 Å². The van der Waals surface area contributed by atoms with Gasteiger partial charge in [-0.2, -0.15) is 10.5 Å². The van der Waals surface area contributed by atoms with Crippen LogP contribution in [0.1, 0.15) is 5.56 Å². The van der Waals surface area contributed by atoms with Gasteiger partial charge < -0.3 is 10.4 Å². The average Bonchev–Trinajstić information content (AvgIpc) is 2.55. The van der Waals surface area contributed by atoms with Gasteiger partial charge in [0.2, 0.25) is 5.91 Å². The fraction of sp³-hybridized carbons (Fsp3) is 0.133. The molecule has 0 radical (unpaired) electrons. The molecule has 0 aliphatic heterocycles. The number of hydrogen-bond donors (Lipinski definition) is 5. The minimum absolute atomic E-state index is 0.141. The molecule has 24 heavy (non-hydrogen) atoms. The lowest BCUT2D eigenvalue weighted by Crippen LogP contribution is -3.01. The van der Waals surface area contributed by atoms with Crippen molar-refractivity contribution in [3.63, 3.8) is 0 Å². The predicted octanol–water partition coefficient (Wildman–Crippen LogP) is -0.796. The number of nitrogens with zero attached hydrogens (tertiary/aromatic N) is 1. The van der Waals surface area contributed by atoms with E-state index >= 15 is 0 Å². The second-order valence-corrected chi connectivity index (χ2v) is 5.09. The molecule has 5 N–H and O–H groups in total. The summed E-state index contributed by atoms with van der Waals surface area (Å²) in [6.45, 7) is 0. The number of amides is 1. The molecule has 9 nitrogen and oxygen atoms in total. The molecular weight excluding hydrogens is 316 g/mol. The van der Waals surface area contributed by atoms with Gasteiger partial charge in [0.1, 0.15) is 0 Å². The molecule has 0 aliphatic rings. The van der Waals surface area contributed by atoms with Crippen molar-refractivity contribution in [2.24, 2.45) is 0 Å². The van der Waals surface area contributed by atoms with Crippen LogP contribution < -0.4 is 20.9 Å². The van der Waals surface area contributed by atoms with E-state index in [1.807, 2.05) is 30.3 Å². The topological polar surface area (TPSA) is 128 Å². The summed E-state index contributed by atoms with van der Waals surface area (Å²) in [6, 6.07) is 12.8. The molecule has 2 aromatic carbocycles. The van der Waals surface area contributed by atoms with E-state index in [0.717, 1.165) is 11.8 Å². The number of carbonyl (C=O) groups is 1. The zero-order valence-corrected chi connectivity index (χ0v) is 12.9. The van der Waals surface area contributed by atoms with Crippen LogP contribution in [0, 0.1) is 10.4 Å². The Labute approximate surface area is 138 Å². The fourth-order valence-electron chi connectivity index (χ4n) is 2.18. The molecule has 128 valence electrons. The van der Waals surface area contributed by atoms with Gasteiger partial charge >= 0.3 is 0 Å². The highest BCUT2D eigenvalue weighted by molar-refractivity contribution is 5.81. The Hall–Kier alpha value is -2.53. The molecular formula is C15H18N4O5. The van der Waals surface area contributed by atoms with Crippen molar-refractivity contribution in [1.82, 2.24) is 5.43 Å². The van der Waals surface area contributed by atoms with Gasteiger partial charge in [-0.1, -0.05) is 18.2 Å². The third-order valence-electron chi connectivity index (χ3n) is 3.37. The van der Waals surface area contributed by atoms with Gasteiger partial charge in [-0.05, 0) is 18.2 Å². The maximum Gasteiger partial charge on any atom is 0.243 e. The third kappa shape index (κ3) is 4.49. The standard InChI is InChI=1S/C15H18N4O5/c1-17(12-5-3-2-4-6-12)16-15(20)9-11-7-8-13(18(21)22)10-14(11)19(23)24/h2-8,10,18-19,21,23H,9H2,1H3,(H,16,20). The molecule has 2 aromatic rings. The van der Waals surface area contributed by atoms with Crippen LogP contribution in [0.5, 0.6) is 0 Å². The van der Waals surface area contributed by atoms with Gasteiger partial charge in [0.25, 0.3) is 0 Å². The van der Waals surface area contributed by atoms with Gasteiger partial charge in [-0.15, -0.1) is 0 Å². The summed E-state index contributed by atoms with van der Waals surface area (Å²) in [6.07, 6.45) is -0.182. The summed E-state index contributed by atoms with van der Waals surface area (Å²) in [4.78, 5) is 12.1. The van der Waals surface area contributed by atoms with Gasteiger partial charge in [0, 0.05) is 18.7 Å². The molecule has 2 unspecified atom stereocenters. The van der Waals surface area contributed by atoms with Gasteiger partial charge in [0.15, 0.2) is 11.4 Å². The first-order chi connectivity index (χ1) is 11.4. The number of para-hydroxylation sites is 1. The molecule has 2 rings (SSSR count). The van der Waals surface area contributed by atoms with E-state index in [9.17, 15) is 20.4 Å². The Balaban J connectivity index is 2.11. The smallest absolute Gasteiger partial charge is 0.243 e. The number of hydrazine groups is 1. The van der Waals surface area contributed by atoms with E-state index in [0.29, 0.717) is 0 Å². The van der Waals surface area contributed by atoms with Crippen LogP contribution in [0.25, 0.3) is 0 Å². The normalized spacial score (nSPS) is 13.2. The first-order valence-electron chi connectivity index (χ1n) is 7.06. The zero-order chi connectivity index (χ0) is 17.7. The van der Waals surface area contributed by atoms with Crippen molar-refractivity contribution in [3.05, 3.63) is 64.5 Å². The molecule has 0 aromatic heterocycles. The summed E-state index contributed by atoms with van der Waals surface area (Å²) < 4.78 is 0. The Kier molecular flexibility index (Phi) is 5.82. The highest BCUT2D eigenvalue weighted by Crippen LogP contribution is 2.16. The average molecular weight is 334 g/mol. The Morgan fingerprint density at radius 3 is 2.38 bits per heavy atom. The summed E-state index contributed by atoms with van der Waals surface area (Å²) in [7, 11) is 1.67. The van der Waals surface area contributed by atoms with E-state index < -0.39 is 16.4 Å².